The number of aliphatic hydroxyl groups excluding tert-OH is 2. The van der Waals surface area contributed by atoms with Crippen LogP contribution in [0.4, 0.5) is 8.78 Å². The number of carbonyl (C=O) groups is 2. The minimum atomic E-state index is -1.78. The van der Waals surface area contributed by atoms with Crippen molar-refractivity contribution in [2.45, 2.75) is 24.0 Å². The number of halogens is 2. The summed E-state index contributed by atoms with van der Waals surface area (Å²) < 4.78 is 27.5. The Labute approximate surface area is 238 Å². The van der Waals surface area contributed by atoms with E-state index in [1.165, 1.54) is 24.3 Å². The highest BCUT2D eigenvalue weighted by atomic mass is 19.1. The van der Waals surface area contributed by atoms with Crippen LogP contribution >= 0.6 is 0 Å². The van der Waals surface area contributed by atoms with E-state index in [2.05, 4.69) is 9.97 Å². The highest BCUT2D eigenvalue weighted by molar-refractivity contribution is 6.12. The van der Waals surface area contributed by atoms with E-state index in [1.54, 1.807) is 72.8 Å². The van der Waals surface area contributed by atoms with Gasteiger partial charge in [0.2, 0.25) is 0 Å². The van der Waals surface area contributed by atoms with Crippen molar-refractivity contribution in [3.05, 3.63) is 120 Å². The van der Waals surface area contributed by atoms with Crippen molar-refractivity contribution in [2.75, 3.05) is 0 Å². The molecule has 2 heterocycles. The van der Waals surface area contributed by atoms with Crippen molar-refractivity contribution in [2.24, 2.45) is 0 Å². The lowest BCUT2D eigenvalue weighted by atomic mass is 9.69. The Morgan fingerprint density at radius 3 is 1.26 bits per heavy atom. The van der Waals surface area contributed by atoms with Crippen LogP contribution < -0.4 is 0 Å². The maximum atomic E-state index is 14.1. The second kappa shape index (κ2) is 9.87. The Hall–Kier alpha value is -4.92. The maximum Gasteiger partial charge on any atom is 0.172 e. The molecular weight excluding hydrogens is 538 g/mol. The lowest BCUT2D eigenvalue weighted by molar-refractivity contribution is -0.149. The maximum absolute atomic E-state index is 14.1. The molecule has 6 nitrogen and oxygen atoms in total. The molecule has 4 unspecified atom stereocenters. The largest absolute Gasteiger partial charge is 0.384 e. The Balaban J connectivity index is 1.39. The monoisotopic (exact) mass is 562 g/mol. The van der Waals surface area contributed by atoms with Gasteiger partial charge in [0.15, 0.2) is 11.6 Å². The molecule has 4 aromatic carbocycles. The lowest BCUT2D eigenvalue weighted by Gasteiger charge is -2.35. The third-order valence-corrected chi connectivity index (χ3v) is 8.21. The van der Waals surface area contributed by atoms with E-state index < -0.39 is 47.2 Å². The fraction of sp³-hybridized carbons (Fsp3) is 0.118. The standard InChI is InChI=1S/C34H24F2N2O4/c35-19-13-9-17(10-14-19)29-25(21-5-1-3-7-23(21)37-29)27-31(39)33(41)28(34(42)32(27)40)26-22-6-2-4-8-24(22)38-30(26)18-11-15-20(36)16-12-18/h1-16,27-28,31,34,37-39,42H. The van der Waals surface area contributed by atoms with Crippen LogP contribution in [0, 0.1) is 11.6 Å². The molecule has 42 heavy (non-hydrogen) atoms. The van der Waals surface area contributed by atoms with Crippen molar-refractivity contribution in [3.63, 3.8) is 0 Å². The number of aromatic nitrogens is 2. The average Bonchev–Trinajstić information content (AvgIpc) is 3.57. The second-order valence-electron chi connectivity index (χ2n) is 10.6. The van der Waals surface area contributed by atoms with Crippen molar-refractivity contribution in [1.82, 2.24) is 9.97 Å². The Morgan fingerprint density at radius 1 is 0.524 bits per heavy atom. The molecule has 0 aliphatic heterocycles. The van der Waals surface area contributed by atoms with Crippen molar-refractivity contribution in [1.29, 1.82) is 0 Å². The number of ketones is 2. The van der Waals surface area contributed by atoms with E-state index in [4.69, 9.17) is 0 Å². The lowest BCUT2D eigenvalue weighted by Crippen LogP contribution is -2.51. The number of benzene rings is 4. The van der Waals surface area contributed by atoms with Crippen LogP contribution in [0.25, 0.3) is 44.3 Å². The number of aliphatic hydroxyl groups is 2. The van der Waals surface area contributed by atoms with Crippen LogP contribution in [-0.4, -0.2) is 44.0 Å². The van der Waals surface area contributed by atoms with Crippen LogP contribution in [-0.2, 0) is 9.59 Å². The molecule has 1 aliphatic carbocycles. The second-order valence-corrected chi connectivity index (χ2v) is 10.6. The number of fused-ring (bicyclic) bond motifs is 2. The molecule has 0 saturated heterocycles. The molecule has 4 N–H and O–H groups in total. The number of nitrogens with one attached hydrogen (secondary N) is 2. The summed E-state index contributed by atoms with van der Waals surface area (Å²) in [6.45, 7) is 0. The highest BCUT2D eigenvalue weighted by Gasteiger charge is 2.52. The molecule has 8 heteroatoms. The minimum absolute atomic E-state index is 0.359. The Kier molecular flexibility index (Phi) is 6.11. The van der Waals surface area contributed by atoms with Gasteiger partial charge in [0.1, 0.15) is 23.8 Å². The number of hydrogen-bond acceptors (Lipinski definition) is 4. The van der Waals surface area contributed by atoms with Crippen molar-refractivity contribution >= 4 is 33.4 Å². The molecule has 0 radical (unpaired) electrons. The number of para-hydroxylation sites is 2. The Morgan fingerprint density at radius 2 is 0.881 bits per heavy atom. The van der Waals surface area contributed by atoms with E-state index >= 15 is 0 Å². The molecule has 1 aliphatic rings. The van der Waals surface area contributed by atoms with Crippen molar-refractivity contribution < 1.29 is 28.6 Å². The summed E-state index contributed by atoms with van der Waals surface area (Å²) in [5.41, 5.74) is 4.05. The van der Waals surface area contributed by atoms with Crippen LogP contribution in [0.5, 0.6) is 0 Å². The van der Waals surface area contributed by atoms with E-state index in [0.29, 0.717) is 55.4 Å². The van der Waals surface area contributed by atoms with Gasteiger partial charge in [0, 0.05) is 21.8 Å². The van der Waals surface area contributed by atoms with Gasteiger partial charge in [-0.3, -0.25) is 9.59 Å². The SMILES string of the molecule is O=C1C(O)C(c2c(-c3ccc(F)cc3)[nH]c3ccccc23)C(=O)C(O)C1c1c(-c2ccc(F)cc2)[nH]c2ccccc12. The van der Waals surface area contributed by atoms with E-state index in [-0.39, 0.29) is 0 Å². The van der Waals surface area contributed by atoms with Gasteiger partial charge in [0.05, 0.1) is 23.2 Å². The van der Waals surface area contributed by atoms with Crippen LogP contribution in [0.15, 0.2) is 97.1 Å². The third-order valence-electron chi connectivity index (χ3n) is 8.21. The van der Waals surface area contributed by atoms with Gasteiger partial charge in [0.25, 0.3) is 0 Å². The number of H-pyrrole nitrogens is 2. The number of carbonyl (C=O) groups excluding carboxylic acids is 2. The molecule has 2 aromatic heterocycles. The van der Waals surface area contributed by atoms with Crippen LogP contribution in [0.2, 0.25) is 0 Å². The van der Waals surface area contributed by atoms with Crippen molar-refractivity contribution in [3.8, 4) is 22.5 Å². The van der Waals surface area contributed by atoms with Crippen LogP contribution in [0.1, 0.15) is 23.0 Å². The number of Topliss-reactive ketones (excluding diaryl/α,β-unsaturated/α-hetero) is 2. The van der Waals surface area contributed by atoms with Gasteiger partial charge in [-0.25, -0.2) is 8.78 Å². The third kappa shape index (κ3) is 3.99. The zero-order chi connectivity index (χ0) is 29.1. The quantitative estimate of drug-likeness (QED) is 0.211. The zero-order valence-electron chi connectivity index (χ0n) is 22.0. The molecule has 208 valence electrons. The first-order valence-electron chi connectivity index (χ1n) is 13.5. The summed E-state index contributed by atoms with van der Waals surface area (Å²) in [6.07, 6.45) is -3.56. The number of aromatic amines is 2. The molecule has 0 spiro atoms. The van der Waals surface area contributed by atoms with Gasteiger partial charge in [-0.05, 0) is 82.9 Å². The minimum Gasteiger partial charge on any atom is -0.384 e. The first kappa shape index (κ1) is 26.0. The molecule has 7 rings (SSSR count). The van der Waals surface area contributed by atoms with Gasteiger partial charge >= 0.3 is 0 Å². The topological polar surface area (TPSA) is 106 Å². The first-order valence-corrected chi connectivity index (χ1v) is 13.5. The predicted octanol–water partition coefficient (Wildman–Crippen LogP) is 6.00. The molecule has 0 amide bonds. The molecule has 0 bridgehead atoms. The summed E-state index contributed by atoms with van der Waals surface area (Å²) >= 11 is 0. The molecule has 1 fully saturated rings. The van der Waals surface area contributed by atoms with E-state index in [0.717, 1.165) is 0 Å². The normalized spacial score (nSPS) is 21.0. The molecule has 6 aromatic rings. The van der Waals surface area contributed by atoms with Gasteiger partial charge in [-0.1, -0.05) is 36.4 Å². The fourth-order valence-electron chi connectivity index (χ4n) is 6.27. The highest BCUT2D eigenvalue weighted by Crippen LogP contribution is 2.46. The Bertz CT molecular complexity index is 1850. The van der Waals surface area contributed by atoms with Crippen LogP contribution in [0.3, 0.4) is 0 Å². The predicted molar refractivity (Wildman–Crippen MR) is 155 cm³/mol. The summed E-state index contributed by atoms with van der Waals surface area (Å²) in [5.74, 6) is -5.05. The summed E-state index contributed by atoms with van der Waals surface area (Å²) in [7, 11) is 0. The summed E-state index contributed by atoms with van der Waals surface area (Å²) in [4.78, 5) is 34.7. The van der Waals surface area contributed by atoms with Gasteiger partial charge in [-0.15, -0.1) is 0 Å². The number of rotatable bonds is 4. The fourth-order valence-corrected chi connectivity index (χ4v) is 6.27. The van der Waals surface area contributed by atoms with Gasteiger partial charge in [-0.2, -0.15) is 0 Å². The molecule has 4 atom stereocenters. The zero-order valence-corrected chi connectivity index (χ0v) is 22.0. The van der Waals surface area contributed by atoms with E-state index in [1.807, 2.05) is 0 Å². The summed E-state index contributed by atoms with van der Waals surface area (Å²) in [5, 5.41) is 24.4. The average molecular weight is 563 g/mol. The smallest absolute Gasteiger partial charge is 0.172 e. The van der Waals surface area contributed by atoms with Gasteiger partial charge < -0.3 is 20.2 Å². The number of hydrogen-bond donors (Lipinski definition) is 4. The summed E-state index contributed by atoms with van der Waals surface area (Å²) in [6, 6.07) is 25.6. The first-order chi connectivity index (χ1) is 20.3. The molecular formula is C34H24F2N2O4. The van der Waals surface area contributed by atoms with E-state index in [9.17, 15) is 28.6 Å². The molecule has 1 saturated carbocycles.